The van der Waals surface area contributed by atoms with Crippen molar-refractivity contribution in [1.82, 2.24) is 9.80 Å². The van der Waals surface area contributed by atoms with Gasteiger partial charge in [-0.05, 0) is 20.9 Å². The standard InChI is InChI=1S/C11H22N2O2/c1-9(2)13-6-5-12(3)8-10(13)7-11(14)15-4/h9-10H,5-8H2,1-4H3. The summed E-state index contributed by atoms with van der Waals surface area (Å²) in [7, 11) is 3.55. The van der Waals surface area contributed by atoms with E-state index >= 15 is 0 Å². The number of carbonyl (C=O) groups excluding carboxylic acids is 1. The Hall–Kier alpha value is -0.610. The molecule has 0 aromatic carbocycles. The van der Waals surface area contributed by atoms with E-state index in [0.29, 0.717) is 18.5 Å². The lowest BCUT2D eigenvalue weighted by molar-refractivity contribution is -0.142. The maximum atomic E-state index is 11.3. The molecular weight excluding hydrogens is 192 g/mol. The fourth-order valence-corrected chi connectivity index (χ4v) is 2.16. The molecule has 0 amide bonds. The van der Waals surface area contributed by atoms with Crippen molar-refractivity contribution in [3.8, 4) is 0 Å². The second-order valence-corrected chi connectivity index (χ2v) is 4.53. The number of carbonyl (C=O) groups is 1. The molecule has 1 rings (SSSR count). The van der Waals surface area contributed by atoms with Gasteiger partial charge in [0.25, 0.3) is 0 Å². The van der Waals surface area contributed by atoms with E-state index < -0.39 is 0 Å². The Labute approximate surface area is 92.2 Å². The quantitative estimate of drug-likeness (QED) is 0.643. The van der Waals surface area contributed by atoms with Gasteiger partial charge in [-0.2, -0.15) is 0 Å². The molecule has 0 spiro atoms. The molecule has 0 saturated carbocycles. The summed E-state index contributed by atoms with van der Waals surface area (Å²) < 4.78 is 4.73. The first-order valence-electron chi connectivity index (χ1n) is 5.55. The minimum atomic E-state index is -0.110. The highest BCUT2D eigenvalue weighted by molar-refractivity contribution is 5.70. The van der Waals surface area contributed by atoms with Crippen molar-refractivity contribution >= 4 is 5.97 Å². The summed E-state index contributed by atoms with van der Waals surface area (Å²) >= 11 is 0. The van der Waals surface area contributed by atoms with E-state index in [-0.39, 0.29) is 5.97 Å². The number of hydrogen-bond donors (Lipinski definition) is 0. The molecule has 1 fully saturated rings. The molecule has 0 N–H and O–H groups in total. The van der Waals surface area contributed by atoms with Crippen molar-refractivity contribution in [2.24, 2.45) is 0 Å². The minimum Gasteiger partial charge on any atom is -0.469 e. The molecule has 0 aromatic heterocycles. The first-order chi connectivity index (χ1) is 7.04. The predicted molar refractivity (Wildman–Crippen MR) is 59.8 cm³/mol. The molecule has 88 valence electrons. The first kappa shape index (κ1) is 12.5. The van der Waals surface area contributed by atoms with Gasteiger partial charge in [0.1, 0.15) is 0 Å². The summed E-state index contributed by atoms with van der Waals surface area (Å²) in [6, 6.07) is 0.796. The SMILES string of the molecule is COC(=O)CC1CN(C)CCN1C(C)C. The summed E-state index contributed by atoms with van der Waals surface area (Å²) in [4.78, 5) is 15.9. The molecule has 1 aliphatic heterocycles. The number of likely N-dealkylation sites (N-methyl/N-ethyl adjacent to an activating group) is 1. The van der Waals surface area contributed by atoms with Gasteiger partial charge in [-0.1, -0.05) is 0 Å². The first-order valence-corrected chi connectivity index (χ1v) is 5.55. The summed E-state index contributed by atoms with van der Waals surface area (Å²) in [6.45, 7) is 7.42. The Morgan fingerprint density at radius 3 is 2.67 bits per heavy atom. The zero-order valence-corrected chi connectivity index (χ0v) is 10.2. The smallest absolute Gasteiger partial charge is 0.307 e. The fraction of sp³-hybridized carbons (Fsp3) is 0.909. The summed E-state index contributed by atoms with van der Waals surface area (Å²) in [6.07, 6.45) is 0.499. The monoisotopic (exact) mass is 214 g/mol. The third-order valence-corrected chi connectivity index (χ3v) is 3.02. The van der Waals surface area contributed by atoms with Gasteiger partial charge in [0.15, 0.2) is 0 Å². The largest absolute Gasteiger partial charge is 0.469 e. The van der Waals surface area contributed by atoms with Gasteiger partial charge in [-0.25, -0.2) is 0 Å². The molecule has 4 nitrogen and oxygen atoms in total. The van der Waals surface area contributed by atoms with Crippen molar-refractivity contribution in [1.29, 1.82) is 0 Å². The summed E-state index contributed by atoms with van der Waals surface area (Å²) in [5.74, 6) is -0.110. The van der Waals surface area contributed by atoms with E-state index in [9.17, 15) is 4.79 Å². The zero-order chi connectivity index (χ0) is 11.4. The van der Waals surface area contributed by atoms with Crippen LogP contribution in [-0.4, -0.2) is 61.6 Å². The van der Waals surface area contributed by atoms with Gasteiger partial charge in [-0.3, -0.25) is 9.69 Å². The molecule has 4 heteroatoms. The molecule has 1 aliphatic rings. The van der Waals surface area contributed by atoms with Crippen LogP contribution >= 0.6 is 0 Å². The lowest BCUT2D eigenvalue weighted by atomic mass is 10.1. The molecule has 0 aromatic rings. The number of hydrogen-bond acceptors (Lipinski definition) is 4. The number of ether oxygens (including phenoxy) is 1. The third kappa shape index (κ3) is 3.47. The minimum absolute atomic E-state index is 0.110. The van der Waals surface area contributed by atoms with Crippen LogP contribution in [0.4, 0.5) is 0 Å². The highest BCUT2D eigenvalue weighted by atomic mass is 16.5. The molecule has 0 bridgehead atoms. The van der Waals surface area contributed by atoms with Crippen LogP contribution in [0.1, 0.15) is 20.3 Å². The van der Waals surface area contributed by atoms with Gasteiger partial charge in [0.05, 0.1) is 13.5 Å². The van der Waals surface area contributed by atoms with Gasteiger partial charge >= 0.3 is 5.97 Å². The van der Waals surface area contributed by atoms with Crippen LogP contribution in [0.2, 0.25) is 0 Å². The second-order valence-electron chi connectivity index (χ2n) is 4.53. The Kier molecular flexibility index (Phi) is 4.54. The molecule has 0 radical (unpaired) electrons. The van der Waals surface area contributed by atoms with Gasteiger partial charge in [0, 0.05) is 31.7 Å². The lowest BCUT2D eigenvalue weighted by Crippen LogP contribution is -2.54. The van der Waals surface area contributed by atoms with Crippen LogP contribution in [0.15, 0.2) is 0 Å². The molecule has 0 aliphatic carbocycles. The van der Waals surface area contributed by atoms with E-state index in [0.717, 1.165) is 19.6 Å². The van der Waals surface area contributed by atoms with Gasteiger partial charge in [0.2, 0.25) is 0 Å². The van der Waals surface area contributed by atoms with Crippen molar-refractivity contribution in [3.63, 3.8) is 0 Å². The van der Waals surface area contributed by atoms with Crippen molar-refractivity contribution in [3.05, 3.63) is 0 Å². The van der Waals surface area contributed by atoms with Crippen LogP contribution in [0.3, 0.4) is 0 Å². The number of esters is 1. The normalized spacial score (nSPS) is 24.5. The molecule has 1 atom stereocenters. The van der Waals surface area contributed by atoms with Crippen LogP contribution in [-0.2, 0) is 9.53 Å². The number of rotatable bonds is 3. The number of nitrogens with zero attached hydrogens (tertiary/aromatic N) is 2. The highest BCUT2D eigenvalue weighted by Gasteiger charge is 2.28. The van der Waals surface area contributed by atoms with E-state index in [2.05, 4.69) is 30.7 Å². The molecule has 15 heavy (non-hydrogen) atoms. The van der Waals surface area contributed by atoms with Gasteiger partial charge < -0.3 is 9.64 Å². The van der Waals surface area contributed by atoms with E-state index in [1.165, 1.54) is 7.11 Å². The van der Waals surface area contributed by atoms with Crippen LogP contribution in [0.5, 0.6) is 0 Å². The molecular formula is C11H22N2O2. The maximum Gasteiger partial charge on any atom is 0.307 e. The van der Waals surface area contributed by atoms with Crippen molar-refractivity contribution < 1.29 is 9.53 Å². The second kappa shape index (κ2) is 5.47. The highest BCUT2D eigenvalue weighted by Crippen LogP contribution is 2.15. The fourth-order valence-electron chi connectivity index (χ4n) is 2.16. The molecule has 1 heterocycles. The van der Waals surface area contributed by atoms with Crippen LogP contribution < -0.4 is 0 Å². The van der Waals surface area contributed by atoms with Crippen molar-refractivity contribution in [2.75, 3.05) is 33.8 Å². The Bertz CT molecular complexity index is 219. The van der Waals surface area contributed by atoms with Gasteiger partial charge in [-0.15, -0.1) is 0 Å². The maximum absolute atomic E-state index is 11.3. The Morgan fingerprint density at radius 2 is 2.13 bits per heavy atom. The zero-order valence-electron chi connectivity index (χ0n) is 10.2. The topological polar surface area (TPSA) is 32.8 Å². The average molecular weight is 214 g/mol. The summed E-state index contributed by atoms with van der Waals surface area (Å²) in [5.41, 5.74) is 0. The van der Waals surface area contributed by atoms with E-state index in [4.69, 9.17) is 4.74 Å². The van der Waals surface area contributed by atoms with E-state index in [1.54, 1.807) is 0 Å². The number of methoxy groups -OCH3 is 1. The lowest BCUT2D eigenvalue weighted by Gasteiger charge is -2.41. The van der Waals surface area contributed by atoms with E-state index in [1.807, 2.05) is 0 Å². The Morgan fingerprint density at radius 1 is 1.47 bits per heavy atom. The average Bonchev–Trinajstić information content (AvgIpc) is 2.17. The summed E-state index contributed by atoms with van der Waals surface area (Å²) in [5, 5.41) is 0. The molecule has 1 unspecified atom stereocenters. The number of piperazine rings is 1. The van der Waals surface area contributed by atoms with Crippen LogP contribution in [0, 0.1) is 0 Å². The third-order valence-electron chi connectivity index (χ3n) is 3.02. The molecule has 1 saturated heterocycles. The predicted octanol–water partition coefficient (Wildman–Crippen LogP) is 0.574. The van der Waals surface area contributed by atoms with Crippen LogP contribution in [0.25, 0.3) is 0 Å². The van der Waals surface area contributed by atoms with Crippen molar-refractivity contribution in [2.45, 2.75) is 32.4 Å². The Balaban J connectivity index is 2.57.